The van der Waals surface area contributed by atoms with Crippen molar-refractivity contribution in [3.8, 4) is 0 Å². The molecule has 1 aromatic carbocycles. The lowest BCUT2D eigenvalue weighted by Crippen LogP contribution is -2.35. The highest BCUT2D eigenvalue weighted by Crippen LogP contribution is 2.27. The van der Waals surface area contributed by atoms with Gasteiger partial charge in [0.25, 0.3) is 0 Å². The van der Waals surface area contributed by atoms with E-state index in [1.54, 1.807) is 24.3 Å². The van der Waals surface area contributed by atoms with Crippen molar-refractivity contribution in [2.24, 2.45) is 0 Å². The van der Waals surface area contributed by atoms with E-state index in [2.05, 4.69) is 15.6 Å². The Morgan fingerprint density at radius 1 is 1.12 bits per heavy atom. The van der Waals surface area contributed by atoms with Crippen LogP contribution in [-0.4, -0.2) is 16.8 Å². The number of halogens is 4. The zero-order chi connectivity index (χ0) is 17.7. The molecule has 0 fully saturated rings. The molecular formula is C15H11ClF3N3O2. The van der Waals surface area contributed by atoms with Crippen LogP contribution in [0.3, 0.4) is 0 Å². The van der Waals surface area contributed by atoms with Crippen molar-refractivity contribution in [3.63, 3.8) is 0 Å². The number of pyridine rings is 1. The Hall–Kier alpha value is -2.61. The predicted octanol–water partition coefficient (Wildman–Crippen LogP) is 3.01. The van der Waals surface area contributed by atoms with Gasteiger partial charge in [-0.15, -0.1) is 0 Å². The fourth-order valence-electron chi connectivity index (χ4n) is 1.73. The average Bonchev–Trinajstić information content (AvgIpc) is 2.52. The molecule has 0 unspecified atom stereocenters. The Morgan fingerprint density at radius 3 is 2.46 bits per heavy atom. The van der Waals surface area contributed by atoms with Crippen LogP contribution in [0.1, 0.15) is 11.3 Å². The van der Waals surface area contributed by atoms with Crippen LogP contribution in [0.25, 0.3) is 0 Å². The first kappa shape index (κ1) is 17.7. The summed E-state index contributed by atoms with van der Waals surface area (Å²) in [5.41, 5.74) is -0.420. The third-order valence-electron chi connectivity index (χ3n) is 2.86. The van der Waals surface area contributed by atoms with Crippen LogP contribution >= 0.6 is 11.6 Å². The number of anilines is 1. The molecule has 0 spiro atoms. The molecule has 2 N–H and O–H groups in total. The summed E-state index contributed by atoms with van der Waals surface area (Å²) in [5.74, 6) is -1.95. The highest BCUT2D eigenvalue weighted by molar-refractivity contribution is 6.39. The van der Waals surface area contributed by atoms with Gasteiger partial charge in [0.2, 0.25) is 0 Å². The Morgan fingerprint density at radius 2 is 1.88 bits per heavy atom. The normalized spacial score (nSPS) is 11.0. The smallest absolute Gasteiger partial charge is 0.344 e. The van der Waals surface area contributed by atoms with Gasteiger partial charge in [0, 0.05) is 11.6 Å². The minimum absolute atomic E-state index is 0.0223. The molecule has 0 atom stereocenters. The third kappa shape index (κ3) is 4.95. The van der Waals surface area contributed by atoms with Crippen molar-refractivity contribution in [1.82, 2.24) is 10.3 Å². The van der Waals surface area contributed by atoms with E-state index in [-0.39, 0.29) is 12.2 Å². The summed E-state index contributed by atoms with van der Waals surface area (Å²) in [5, 5.41) is 5.02. The van der Waals surface area contributed by atoms with Crippen LogP contribution in [0.5, 0.6) is 0 Å². The highest BCUT2D eigenvalue weighted by atomic mass is 35.5. The van der Waals surface area contributed by atoms with Gasteiger partial charge in [-0.05, 0) is 29.8 Å². The summed E-state index contributed by atoms with van der Waals surface area (Å²) in [6, 6.07) is 8.41. The minimum atomic E-state index is -4.57. The second-order valence-corrected chi connectivity index (χ2v) is 5.13. The van der Waals surface area contributed by atoms with Gasteiger partial charge in [-0.3, -0.25) is 9.59 Å². The minimum Gasteiger partial charge on any atom is -0.344 e. The molecule has 0 saturated carbocycles. The lowest BCUT2D eigenvalue weighted by Gasteiger charge is -2.08. The van der Waals surface area contributed by atoms with Crippen LogP contribution < -0.4 is 10.6 Å². The number of aromatic nitrogens is 1. The highest BCUT2D eigenvalue weighted by Gasteiger charge is 2.32. The van der Waals surface area contributed by atoms with Gasteiger partial charge in [-0.1, -0.05) is 23.7 Å². The summed E-state index contributed by atoms with van der Waals surface area (Å²) >= 11 is 5.80. The lowest BCUT2D eigenvalue weighted by atomic mass is 10.2. The maximum atomic E-state index is 12.4. The van der Waals surface area contributed by atoms with Gasteiger partial charge in [0.15, 0.2) is 0 Å². The van der Waals surface area contributed by atoms with Gasteiger partial charge >= 0.3 is 18.0 Å². The summed E-state index contributed by atoms with van der Waals surface area (Å²) in [6.45, 7) is 0.0814. The summed E-state index contributed by atoms with van der Waals surface area (Å²) in [6.07, 6.45) is -3.75. The first-order chi connectivity index (χ1) is 11.3. The molecule has 24 heavy (non-hydrogen) atoms. The molecule has 0 radical (unpaired) electrons. The van der Waals surface area contributed by atoms with E-state index >= 15 is 0 Å². The molecule has 1 aromatic heterocycles. The molecule has 0 saturated heterocycles. The SMILES string of the molecule is O=C(NCc1cccc(Cl)c1)C(=O)Nc1ccc(C(F)(F)F)nc1. The number of amides is 2. The number of hydrogen-bond acceptors (Lipinski definition) is 3. The molecule has 2 rings (SSSR count). The maximum Gasteiger partial charge on any atom is 0.433 e. The molecule has 0 aliphatic heterocycles. The van der Waals surface area contributed by atoms with Crippen molar-refractivity contribution >= 4 is 29.1 Å². The van der Waals surface area contributed by atoms with E-state index in [4.69, 9.17) is 11.6 Å². The number of rotatable bonds is 3. The van der Waals surface area contributed by atoms with Crippen molar-refractivity contribution in [2.45, 2.75) is 12.7 Å². The largest absolute Gasteiger partial charge is 0.433 e. The molecule has 0 bridgehead atoms. The Kier molecular flexibility index (Phi) is 5.40. The number of benzene rings is 1. The van der Waals surface area contributed by atoms with Gasteiger partial charge in [-0.2, -0.15) is 13.2 Å². The Labute approximate surface area is 139 Å². The summed E-state index contributed by atoms with van der Waals surface area (Å²) in [4.78, 5) is 26.5. The van der Waals surface area contributed by atoms with Crippen LogP contribution in [0, 0.1) is 0 Å². The van der Waals surface area contributed by atoms with Crippen molar-refractivity contribution in [2.75, 3.05) is 5.32 Å². The van der Waals surface area contributed by atoms with Crippen molar-refractivity contribution < 1.29 is 22.8 Å². The molecular weight excluding hydrogens is 347 g/mol. The molecule has 2 amide bonds. The standard InChI is InChI=1S/C15H11ClF3N3O2/c16-10-3-1-2-9(6-10)7-21-13(23)14(24)22-11-4-5-12(20-8-11)15(17,18)19/h1-6,8H,7H2,(H,21,23)(H,22,24). The number of carbonyl (C=O) groups excluding carboxylic acids is 2. The van der Waals surface area contributed by atoms with E-state index < -0.39 is 23.7 Å². The molecule has 126 valence electrons. The molecule has 9 heteroatoms. The number of alkyl halides is 3. The molecule has 0 aliphatic carbocycles. The zero-order valence-corrected chi connectivity index (χ0v) is 12.8. The van der Waals surface area contributed by atoms with Gasteiger partial charge < -0.3 is 10.6 Å². The van der Waals surface area contributed by atoms with E-state index in [0.717, 1.165) is 12.3 Å². The summed E-state index contributed by atoms with van der Waals surface area (Å²) < 4.78 is 37.1. The van der Waals surface area contributed by atoms with Gasteiger partial charge in [0.1, 0.15) is 5.69 Å². The number of nitrogens with one attached hydrogen (secondary N) is 2. The second kappa shape index (κ2) is 7.31. The average molecular weight is 358 g/mol. The van der Waals surface area contributed by atoms with Crippen molar-refractivity contribution in [1.29, 1.82) is 0 Å². The van der Waals surface area contributed by atoms with Crippen LogP contribution in [0.15, 0.2) is 42.6 Å². The molecule has 0 aliphatic rings. The quantitative estimate of drug-likeness (QED) is 0.829. The Balaban J connectivity index is 1.90. The van der Waals surface area contributed by atoms with Crippen LogP contribution in [-0.2, 0) is 22.3 Å². The maximum absolute atomic E-state index is 12.4. The lowest BCUT2D eigenvalue weighted by molar-refractivity contribution is -0.141. The van der Waals surface area contributed by atoms with E-state index in [1.165, 1.54) is 0 Å². The summed E-state index contributed by atoms with van der Waals surface area (Å²) in [7, 11) is 0. The molecule has 1 heterocycles. The van der Waals surface area contributed by atoms with Gasteiger partial charge in [-0.25, -0.2) is 4.98 Å². The topological polar surface area (TPSA) is 71.1 Å². The molecule has 5 nitrogen and oxygen atoms in total. The predicted molar refractivity (Wildman–Crippen MR) is 81.2 cm³/mol. The van der Waals surface area contributed by atoms with E-state index in [9.17, 15) is 22.8 Å². The number of carbonyl (C=O) groups is 2. The fourth-order valence-corrected chi connectivity index (χ4v) is 1.95. The third-order valence-corrected chi connectivity index (χ3v) is 3.10. The van der Waals surface area contributed by atoms with Crippen molar-refractivity contribution in [3.05, 3.63) is 58.9 Å². The molecule has 2 aromatic rings. The van der Waals surface area contributed by atoms with Crippen LogP contribution in [0.4, 0.5) is 18.9 Å². The first-order valence-electron chi connectivity index (χ1n) is 6.62. The monoisotopic (exact) mass is 357 g/mol. The fraction of sp³-hybridized carbons (Fsp3) is 0.133. The van der Waals surface area contributed by atoms with E-state index in [1.807, 2.05) is 0 Å². The van der Waals surface area contributed by atoms with Gasteiger partial charge in [0.05, 0.1) is 11.9 Å². The zero-order valence-electron chi connectivity index (χ0n) is 12.0. The number of hydrogen-bond donors (Lipinski definition) is 2. The Bertz CT molecular complexity index is 748. The number of nitrogens with zero attached hydrogens (tertiary/aromatic N) is 1. The van der Waals surface area contributed by atoms with E-state index in [0.29, 0.717) is 16.7 Å². The van der Waals surface area contributed by atoms with Crippen LogP contribution in [0.2, 0.25) is 5.02 Å². The first-order valence-corrected chi connectivity index (χ1v) is 7.00. The second-order valence-electron chi connectivity index (χ2n) is 4.70.